The van der Waals surface area contributed by atoms with E-state index >= 15 is 0 Å². The lowest BCUT2D eigenvalue weighted by Gasteiger charge is -2.44. The third kappa shape index (κ3) is 5.43. The lowest BCUT2D eigenvalue weighted by Crippen LogP contribution is -2.55. The van der Waals surface area contributed by atoms with Gasteiger partial charge in [0.25, 0.3) is 0 Å². The number of piperazine rings is 1. The molecule has 2 aliphatic heterocycles. The highest BCUT2D eigenvalue weighted by atomic mass is 35.5. The topological polar surface area (TPSA) is 118 Å². The second-order valence-corrected chi connectivity index (χ2v) is 12.3. The molecule has 0 saturated carbocycles. The zero-order valence-electron chi connectivity index (χ0n) is 22.5. The minimum atomic E-state index is -1.79. The van der Waals surface area contributed by atoms with Gasteiger partial charge in [0.15, 0.2) is 0 Å². The highest BCUT2D eigenvalue weighted by Gasteiger charge is 2.35. The number of hydrogen-bond acceptors (Lipinski definition) is 9. The fourth-order valence-electron chi connectivity index (χ4n) is 5.21. The Labute approximate surface area is 241 Å². The molecule has 0 spiro atoms. The number of aliphatic hydroxyl groups is 2. The number of carbonyl (C=O) groups is 1. The minimum Gasteiger partial charge on any atom is -0.493 e. The first-order chi connectivity index (χ1) is 19.0. The summed E-state index contributed by atoms with van der Waals surface area (Å²) in [5, 5.41) is 32.8. The number of ether oxygens (including phenoxy) is 2. The van der Waals surface area contributed by atoms with Gasteiger partial charge < -0.3 is 34.8 Å². The van der Waals surface area contributed by atoms with Crippen molar-refractivity contribution in [1.82, 2.24) is 9.80 Å². The van der Waals surface area contributed by atoms with Crippen LogP contribution in [0.2, 0.25) is 5.02 Å². The van der Waals surface area contributed by atoms with Gasteiger partial charge in [0.2, 0.25) is 6.41 Å². The number of benzene rings is 2. The van der Waals surface area contributed by atoms with Gasteiger partial charge in [0, 0.05) is 58.0 Å². The summed E-state index contributed by atoms with van der Waals surface area (Å²) in [6, 6.07) is 11.5. The molecular formula is C29H31ClN4O5S. The van der Waals surface area contributed by atoms with Crippen LogP contribution < -0.4 is 10.1 Å². The van der Waals surface area contributed by atoms with E-state index in [1.807, 2.05) is 51.1 Å². The summed E-state index contributed by atoms with van der Waals surface area (Å²) in [4.78, 5) is 16.7. The van der Waals surface area contributed by atoms with Crippen LogP contribution in [0.15, 0.2) is 36.9 Å². The molecule has 1 saturated heterocycles. The van der Waals surface area contributed by atoms with Gasteiger partial charge >= 0.3 is 6.09 Å². The Balaban J connectivity index is 1.48. The molecule has 2 aromatic carbocycles. The van der Waals surface area contributed by atoms with E-state index in [0.717, 1.165) is 21.5 Å². The molecule has 1 fully saturated rings. The molecule has 1 aromatic heterocycles. The number of thiophene rings is 1. The molecule has 210 valence electrons. The summed E-state index contributed by atoms with van der Waals surface area (Å²) >= 11 is 8.14. The summed E-state index contributed by atoms with van der Waals surface area (Å²) < 4.78 is 12.6. The molecule has 0 bridgehead atoms. The maximum atomic E-state index is 12.7. The van der Waals surface area contributed by atoms with Crippen LogP contribution in [0.4, 0.5) is 9.80 Å². The number of carbonyl (C=O) groups excluding carboxylic acids is 1. The van der Waals surface area contributed by atoms with Crippen molar-refractivity contribution in [3.8, 4) is 22.9 Å². The van der Waals surface area contributed by atoms with Crippen LogP contribution in [0.3, 0.4) is 0 Å². The maximum Gasteiger partial charge on any atom is 0.410 e. The summed E-state index contributed by atoms with van der Waals surface area (Å²) in [5.74, 6) is 0.632. The van der Waals surface area contributed by atoms with E-state index in [0.29, 0.717) is 64.9 Å². The van der Waals surface area contributed by atoms with Crippen LogP contribution in [0.25, 0.3) is 26.9 Å². The fourth-order valence-corrected chi connectivity index (χ4v) is 6.57. The number of anilines is 1. The molecule has 1 amide bonds. The average molecular weight is 583 g/mol. The Morgan fingerprint density at radius 2 is 2.05 bits per heavy atom. The lowest BCUT2D eigenvalue weighted by molar-refractivity contribution is -0.0144. The molecule has 0 aliphatic carbocycles. The molecule has 1 atom stereocenters. The normalized spacial score (nSPS) is 17.4. The molecule has 3 heterocycles. The summed E-state index contributed by atoms with van der Waals surface area (Å²) in [6.07, 6.45) is -1.43. The van der Waals surface area contributed by atoms with Crippen LogP contribution in [-0.2, 0) is 4.74 Å². The number of halogens is 1. The first-order valence-corrected chi connectivity index (χ1v) is 14.1. The predicted molar refractivity (Wildman–Crippen MR) is 156 cm³/mol. The minimum absolute atomic E-state index is 0.0194. The number of nitrogens with one attached hydrogen (secondary N) is 1. The standard InChI is InChI=1S/C29H31ClN4O5S/c1-16-19-12-22(30)20(18-6-5-7-24-25(18)21(14-31)26(40-24)32-27(35)36)13-23(19)38-11-8-17-15-33(9-10-34(16)17)28(37)39-29(2,3)4/h5-7,12-13,17,27,32,35-36H,1,8-11,15H2,2-4H3/t17-/m0/s1. The highest BCUT2D eigenvalue weighted by molar-refractivity contribution is 7.23. The largest absolute Gasteiger partial charge is 0.493 e. The Morgan fingerprint density at radius 3 is 2.75 bits per heavy atom. The molecule has 0 radical (unpaired) electrons. The Hall–Kier alpha value is -3.49. The van der Waals surface area contributed by atoms with E-state index in [-0.39, 0.29) is 12.1 Å². The molecule has 9 nitrogen and oxygen atoms in total. The quantitative estimate of drug-likeness (QED) is 0.349. The van der Waals surface area contributed by atoms with Gasteiger partial charge in [-0.3, -0.25) is 0 Å². The van der Waals surface area contributed by atoms with Gasteiger partial charge in [-0.1, -0.05) is 30.3 Å². The van der Waals surface area contributed by atoms with Crippen LogP contribution in [-0.4, -0.2) is 70.4 Å². The van der Waals surface area contributed by atoms with E-state index in [2.05, 4.69) is 22.9 Å². The smallest absolute Gasteiger partial charge is 0.410 e. The van der Waals surface area contributed by atoms with Gasteiger partial charge in [0.05, 0.1) is 18.2 Å². The summed E-state index contributed by atoms with van der Waals surface area (Å²) in [5.41, 5.74) is 2.71. The van der Waals surface area contributed by atoms with Crippen LogP contribution >= 0.6 is 22.9 Å². The molecule has 2 aliphatic rings. The second kappa shape index (κ2) is 10.8. The average Bonchev–Trinajstić information content (AvgIpc) is 3.23. The molecule has 3 N–H and O–H groups in total. The van der Waals surface area contributed by atoms with Crippen molar-refractivity contribution in [2.75, 3.05) is 31.6 Å². The number of fused-ring (bicyclic) bond motifs is 3. The highest BCUT2D eigenvalue weighted by Crippen LogP contribution is 2.45. The maximum absolute atomic E-state index is 12.7. The van der Waals surface area contributed by atoms with Gasteiger partial charge in [-0.25, -0.2) is 4.79 Å². The Kier molecular flexibility index (Phi) is 7.59. The van der Waals surface area contributed by atoms with Crippen LogP contribution in [0, 0.1) is 11.3 Å². The van der Waals surface area contributed by atoms with Gasteiger partial charge in [-0.15, -0.1) is 11.3 Å². The monoisotopic (exact) mass is 582 g/mol. The Morgan fingerprint density at radius 1 is 1.27 bits per heavy atom. The number of rotatable bonds is 3. The molecule has 0 unspecified atom stereocenters. The van der Waals surface area contributed by atoms with Crippen molar-refractivity contribution in [3.05, 3.63) is 53.1 Å². The van der Waals surface area contributed by atoms with E-state index in [1.54, 1.807) is 4.90 Å². The zero-order chi connectivity index (χ0) is 28.8. The fraction of sp³-hybridized carbons (Fsp3) is 0.379. The van der Waals surface area contributed by atoms with E-state index in [1.165, 1.54) is 11.3 Å². The van der Waals surface area contributed by atoms with Gasteiger partial charge in [0.1, 0.15) is 22.4 Å². The van der Waals surface area contributed by atoms with E-state index in [4.69, 9.17) is 21.1 Å². The number of amides is 1. The van der Waals surface area contributed by atoms with Gasteiger partial charge in [-0.05, 0) is 44.5 Å². The third-order valence-electron chi connectivity index (χ3n) is 6.95. The van der Waals surface area contributed by atoms with Crippen molar-refractivity contribution < 1.29 is 24.5 Å². The van der Waals surface area contributed by atoms with Crippen molar-refractivity contribution in [2.45, 2.75) is 45.2 Å². The second-order valence-electron chi connectivity index (χ2n) is 10.8. The molecule has 3 aromatic rings. The predicted octanol–water partition coefficient (Wildman–Crippen LogP) is 5.45. The number of hydrogen-bond donors (Lipinski definition) is 3. The van der Waals surface area contributed by atoms with E-state index in [9.17, 15) is 20.3 Å². The van der Waals surface area contributed by atoms with Crippen molar-refractivity contribution in [2.24, 2.45) is 0 Å². The SMILES string of the molecule is C=C1c2cc(Cl)c(-c3cccc4sc(NC(O)O)c(C#N)c34)cc2OCC[C@H]2CN(C(=O)OC(C)(C)C)CCN12. The molecule has 5 rings (SSSR count). The first kappa shape index (κ1) is 28.1. The molecule has 11 heteroatoms. The Bertz CT molecular complexity index is 1520. The molecule has 40 heavy (non-hydrogen) atoms. The van der Waals surface area contributed by atoms with E-state index < -0.39 is 12.0 Å². The number of nitrogens with zero attached hydrogens (tertiary/aromatic N) is 3. The zero-order valence-corrected chi connectivity index (χ0v) is 24.1. The van der Waals surface area contributed by atoms with Crippen molar-refractivity contribution in [1.29, 1.82) is 5.26 Å². The number of aliphatic hydroxyl groups excluding tert-OH is 1. The van der Waals surface area contributed by atoms with Crippen molar-refractivity contribution >= 4 is 49.8 Å². The lowest BCUT2D eigenvalue weighted by atomic mass is 9.96. The van der Waals surface area contributed by atoms with Crippen molar-refractivity contribution in [3.63, 3.8) is 0 Å². The summed E-state index contributed by atoms with van der Waals surface area (Å²) in [6.45, 7) is 12.0. The van der Waals surface area contributed by atoms with Crippen LogP contribution in [0.5, 0.6) is 5.75 Å². The van der Waals surface area contributed by atoms with Crippen LogP contribution in [0.1, 0.15) is 38.3 Å². The first-order valence-electron chi connectivity index (χ1n) is 13.0. The van der Waals surface area contributed by atoms with Gasteiger partial charge in [-0.2, -0.15) is 5.26 Å². The number of nitriles is 1. The third-order valence-corrected chi connectivity index (χ3v) is 8.35. The molecular weight excluding hydrogens is 552 g/mol. The summed E-state index contributed by atoms with van der Waals surface area (Å²) in [7, 11) is 0.